The molecule has 0 aliphatic heterocycles. The van der Waals surface area contributed by atoms with Gasteiger partial charge in [0.15, 0.2) is 0 Å². The van der Waals surface area contributed by atoms with Crippen LogP contribution in [0.4, 0.5) is 0 Å². The fourth-order valence-electron chi connectivity index (χ4n) is 2.77. The Morgan fingerprint density at radius 1 is 1.42 bits per heavy atom. The van der Waals surface area contributed by atoms with Crippen LogP contribution in [0.5, 0.6) is 0 Å². The highest BCUT2D eigenvalue weighted by molar-refractivity contribution is 5.76. The maximum absolute atomic E-state index is 11.8. The molecule has 1 aliphatic rings. The second-order valence-electron chi connectivity index (χ2n) is 5.71. The number of fused-ring (bicyclic) bond motifs is 1. The zero-order valence-corrected chi connectivity index (χ0v) is 12.2. The number of methoxy groups -OCH3 is 1. The first-order valence-electron chi connectivity index (χ1n) is 6.96. The van der Waals surface area contributed by atoms with E-state index in [2.05, 4.69) is 30.4 Å². The largest absolute Gasteiger partial charge is 0.468 e. The molecule has 104 valence electrons. The average Bonchev–Trinajstić information content (AvgIpc) is 2.77. The molecular weight excluding hydrogens is 238 g/mol. The Balaban J connectivity index is 2.17. The number of nitrogens with one attached hydrogen (secondary N) is 1. The van der Waals surface area contributed by atoms with Crippen LogP contribution in [0, 0.1) is 12.8 Å². The summed E-state index contributed by atoms with van der Waals surface area (Å²) >= 11 is 0. The molecule has 0 heterocycles. The van der Waals surface area contributed by atoms with Gasteiger partial charge in [0, 0.05) is 6.04 Å². The van der Waals surface area contributed by atoms with Gasteiger partial charge < -0.3 is 4.74 Å². The van der Waals surface area contributed by atoms with E-state index in [1.165, 1.54) is 23.8 Å². The highest BCUT2D eigenvalue weighted by Gasteiger charge is 2.30. The number of hydrogen-bond acceptors (Lipinski definition) is 3. The monoisotopic (exact) mass is 261 g/mol. The third-order valence-electron chi connectivity index (χ3n) is 3.88. The average molecular weight is 261 g/mol. The topological polar surface area (TPSA) is 38.3 Å². The van der Waals surface area contributed by atoms with Crippen molar-refractivity contribution in [2.75, 3.05) is 7.11 Å². The summed E-state index contributed by atoms with van der Waals surface area (Å²) in [5.74, 6) is 0.0532. The lowest BCUT2D eigenvalue weighted by Gasteiger charge is -2.24. The molecule has 0 aromatic heterocycles. The van der Waals surface area contributed by atoms with Crippen molar-refractivity contribution in [3.05, 3.63) is 34.9 Å². The summed E-state index contributed by atoms with van der Waals surface area (Å²) in [6.07, 6.45) is 2.14. The third kappa shape index (κ3) is 2.98. The standard InChI is InChI=1S/C16H23NO2/c1-10(2)15(16(18)19-4)17-14-8-7-12-6-5-11(3)9-13(12)14/h5-6,9-10,14-15,17H,7-8H2,1-4H3. The highest BCUT2D eigenvalue weighted by atomic mass is 16.5. The molecule has 0 saturated heterocycles. The first kappa shape index (κ1) is 14.1. The van der Waals surface area contributed by atoms with E-state index in [1.807, 2.05) is 13.8 Å². The van der Waals surface area contributed by atoms with Crippen LogP contribution in [0.3, 0.4) is 0 Å². The van der Waals surface area contributed by atoms with E-state index < -0.39 is 0 Å². The zero-order valence-electron chi connectivity index (χ0n) is 12.2. The number of benzene rings is 1. The summed E-state index contributed by atoms with van der Waals surface area (Å²) in [6, 6.07) is 6.62. The summed E-state index contributed by atoms with van der Waals surface area (Å²) in [6.45, 7) is 6.19. The van der Waals surface area contributed by atoms with E-state index in [9.17, 15) is 4.79 Å². The van der Waals surface area contributed by atoms with E-state index in [0.29, 0.717) is 0 Å². The summed E-state index contributed by atoms with van der Waals surface area (Å²) < 4.78 is 4.89. The molecule has 1 aliphatic carbocycles. The van der Waals surface area contributed by atoms with Crippen LogP contribution in [-0.4, -0.2) is 19.1 Å². The normalized spacial score (nSPS) is 19.3. The Morgan fingerprint density at radius 3 is 2.79 bits per heavy atom. The number of carbonyl (C=O) groups is 1. The molecule has 3 nitrogen and oxygen atoms in total. The molecule has 0 radical (unpaired) electrons. The van der Waals surface area contributed by atoms with Gasteiger partial charge in [-0.25, -0.2) is 0 Å². The van der Waals surface area contributed by atoms with E-state index in [1.54, 1.807) is 0 Å². The van der Waals surface area contributed by atoms with Crippen LogP contribution in [-0.2, 0) is 16.0 Å². The van der Waals surface area contributed by atoms with Crippen molar-refractivity contribution in [2.45, 2.75) is 45.7 Å². The molecule has 19 heavy (non-hydrogen) atoms. The van der Waals surface area contributed by atoms with Crippen LogP contribution < -0.4 is 5.32 Å². The fourth-order valence-corrected chi connectivity index (χ4v) is 2.77. The first-order valence-corrected chi connectivity index (χ1v) is 6.96. The smallest absolute Gasteiger partial charge is 0.323 e. The Bertz CT molecular complexity index is 468. The lowest BCUT2D eigenvalue weighted by molar-refractivity contribution is -0.144. The predicted molar refractivity (Wildman–Crippen MR) is 76.0 cm³/mol. The molecule has 2 atom stereocenters. The molecule has 1 aromatic carbocycles. The van der Waals surface area contributed by atoms with Gasteiger partial charge in [-0.3, -0.25) is 10.1 Å². The van der Waals surface area contributed by atoms with Gasteiger partial charge >= 0.3 is 5.97 Å². The molecule has 0 spiro atoms. The molecule has 0 saturated carbocycles. The van der Waals surface area contributed by atoms with Gasteiger partial charge in [-0.05, 0) is 36.8 Å². The Labute approximate surface area is 115 Å². The van der Waals surface area contributed by atoms with Crippen LogP contribution in [0.15, 0.2) is 18.2 Å². The lowest BCUT2D eigenvalue weighted by atomic mass is 10.0. The molecule has 0 bridgehead atoms. The third-order valence-corrected chi connectivity index (χ3v) is 3.88. The van der Waals surface area contributed by atoms with Crippen molar-refractivity contribution < 1.29 is 9.53 Å². The Morgan fingerprint density at radius 2 is 2.16 bits per heavy atom. The molecule has 0 fully saturated rings. The molecule has 0 amide bonds. The van der Waals surface area contributed by atoms with Gasteiger partial charge in [0.1, 0.15) is 6.04 Å². The van der Waals surface area contributed by atoms with Gasteiger partial charge in [0.2, 0.25) is 0 Å². The highest BCUT2D eigenvalue weighted by Crippen LogP contribution is 2.32. The number of hydrogen-bond donors (Lipinski definition) is 1. The first-order chi connectivity index (χ1) is 9.02. The molecule has 3 heteroatoms. The van der Waals surface area contributed by atoms with Crippen LogP contribution in [0.25, 0.3) is 0 Å². The SMILES string of the molecule is COC(=O)C(NC1CCc2ccc(C)cc21)C(C)C. The minimum Gasteiger partial charge on any atom is -0.468 e. The van der Waals surface area contributed by atoms with Gasteiger partial charge in [-0.2, -0.15) is 0 Å². The molecule has 1 aromatic rings. The minimum atomic E-state index is -0.235. The van der Waals surface area contributed by atoms with Gasteiger partial charge in [-0.1, -0.05) is 37.6 Å². The van der Waals surface area contributed by atoms with Crippen LogP contribution >= 0.6 is 0 Å². The number of carbonyl (C=O) groups excluding carboxylic acids is 1. The molecule has 2 unspecified atom stereocenters. The molecular formula is C16H23NO2. The van der Waals surface area contributed by atoms with E-state index >= 15 is 0 Å². The van der Waals surface area contributed by atoms with Crippen LogP contribution in [0.2, 0.25) is 0 Å². The number of aryl methyl sites for hydroxylation is 2. The maximum atomic E-state index is 11.8. The predicted octanol–water partition coefficient (Wildman–Crippen LogP) is 2.77. The fraction of sp³-hybridized carbons (Fsp3) is 0.562. The molecule has 2 rings (SSSR count). The lowest BCUT2D eigenvalue weighted by Crippen LogP contribution is -2.43. The maximum Gasteiger partial charge on any atom is 0.323 e. The van der Waals surface area contributed by atoms with Gasteiger partial charge in [0.05, 0.1) is 7.11 Å². The number of rotatable bonds is 4. The Kier molecular flexibility index (Phi) is 4.25. The van der Waals surface area contributed by atoms with Crippen molar-refractivity contribution >= 4 is 5.97 Å². The van der Waals surface area contributed by atoms with Crippen LogP contribution in [0.1, 0.15) is 43.0 Å². The van der Waals surface area contributed by atoms with E-state index in [0.717, 1.165) is 12.8 Å². The summed E-state index contributed by atoms with van der Waals surface area (Å²) in [5, 5.41) is 3.47. The quantitative estimate of drug-likeness (QED) is 0.847. The summed E-state index contributed by atoms with van der Waals surface area (Å²) in [4.78, 5) is 11.8. The second kappa shape index (κ2) is 5.74. The van der Waals surface area contributed by atoms with Gasteiger partial charge in [0.25, 0.3) is 0 Å². The number of esters is 1. The van der Waals surface area contributed by atoms with Crippen molar-refractivity contribution in [1.29, 1.82) is 0 Å². The molecule has 1 N–H and O–H groups in total. The second-order valence-corrected chi connectivity index (χ2v) is 5.71. The summed E-state index contributed by atoms with van der Waals surface area (Å²) in [7, 11) is 1.45. The van der Waals surface area contributed by atoms with Crippen molar-refractivity contribution in [3.8, 4) is 0 Å². The van der Waals surface area contributed by atoms with E-state index in [-0.39, 0.29) is 24.0 Å². The van der Waals surface area contributed by atoms with Crippen molar-refractivity contribution in [3.63, 3.8) is 0 Å². The van der Waals surface area contributed by atoms with E-state index in [4.69, 9.17) is 4.74 Å². The van der Waals surface area contributed by atoms with Crippen molar-refractivity contribution in [1.82, 2.24) is 5.32 Å². The summed E-state index contributed by atoms with van der Waals surface area (Å²) in [5.41, 5.74) is 4.01. The Hall–Kier alpha value is -1.35. The van der Waals surface area contributed by atoms with Gasteiger partial charge in [-0.15, -0.1) is 0 Å². The van der Waals surface area contributed by atoms with Crippen molar-refractivity contribution in [2.24, 2.45) is 5.92 Å². The minimum absolute atomic E-state index is 0.170. The zero-order chi connectivity index (χ0) is 14.0. The number of ether oxygens (including phenoxy) is 1.